The molecule has 0 aromatic rings. The Morgan fingerprint density at radius 3 is 0.439 bits per heavy atom. The van der Waals surface area contributed by atoms with Gasteiger partial charge in [-0.05, 0) is 18.1 Å². The van der Waals surface area contributed by atoms with Gasteiger partial charge in [0.2, 0.25) is 0 Å². The van der Waals surface area contributed by atoms with Crippen molar-refractivity contribution in [1.82, 2.24) is 0 Å². The van der Waals surface area contributed by atoms with Gasteiger partial charge in [-0.3, -0.25) is 0 Å². The van der Waals surface area contributed by atoms with E-state index in [4.69, 9.17) is 4.43 Å². The van der Waals surface area contributed by atoms with Crippen LogP contribution in [0.15, 0.2) is 0 Å². The van der Waals surface area contributed by atoms with Crippen molar-refractivity contribution in [2.75, 3.05) is 7.11 Å². The molecule has 0 fully saturated rings. The molecular formula is C55H114OSi. The molecule has 2 heteroatoms. The van der Waals surface area contributed by atoms with Crippen molar-refractivity contribution >= 4 is 8.32 Å². The lowest BCUT2D eigenvalue weighted by Gasteiger charge is -2.30. The second kappa shape index (κ2) is 50.5. The Hall–Kier alpha value is 0.177. The summed E-state index contributed by atoms with van der Waals surface area (Å²) in [5.74, 6) is 0. The van der Waals surface area contributed by atoms with Crippen LogP contribution in [0.2, 0.25) is 18.1 Å². The summed E-state index contributed by atoms with van der Waals surface area (Å²) in [5.41, 5.74) is 0. The molecule has 0 aliphatic rings. The minimum atomic E-state index is -1.59. The molecule has 0 saturated carbocycles. The lowest BCUT2D eigenvalue weighted by atomic mass is 10.0. The SMILES string of the molecule is CCCCCCCCCCCCCCCCCC[Si](CCCCCCCCCCCCCCCCCC)(CCCCCCCCCCCCCCCCCC)OC. The van der Waals surface area contributed by atoms with Crippen molar-refractivity contribution in [3.8, 4) is 0 Å². The van der Waals surface area contributed by atoms with E-state index in [0.717, 1.165) is 0 Å². The fraction of sp³-hybridized carbons (Fsp3) is 1.00. The van der Waals surface area contributed by atoms with Gasteiger partial charge in [-0.25, -0.2) is 0 Å². The van der Waals surface area contributed by atoms with Crippen molar-refractivity contribution in [2.45, 2.75) is 347 Å². The van der Waals surface area contributed by atoms with Gasteiger partial charge in [0.1, 0.15) is 0 Å². The predicted molar refractivity (Wildman–Crippen MR) is 266 cm³/mol. The summed E-state index contributed by atoms with van der Waals surface area (Å²) in [6, 6.07) is 4.33. The Morgan fingerprint density at radius 1 is 0.193 bits per heavy atom. The molecule has 0 aromatic heterocycles. The molecule has 0 radical (unpaired) electrons. The van der Waals surface area contributed by atoms with Gasteiger partial charge < -0.3 is 4.43 Å². The average molecular weight is 820 g/mol. The van der Waals surface area contributed by atoms with E-state index in [1.807, 2.05) is 0 Å². The van der Waals surface area contributed by atoms with Crippen LogP contribution in [-0.4, -0.2) is 15.4 Å². The molecule has 0 bridgehead atoms. The summed E-state index contributed by atoms with van der Waals surface area (Å²) in [4.78, 5) is 0. The van der Waals surface area contributed by atoms with Crippen molar-refractivity contribution in [2.24, 2.45) is 0 Å². The standard InChI is InChI=1S/C55H114OSi/c1-5-8-11-14-17-20-23-26-29-32-35-38-41-44-47-50-53-57(56-4,54-51-48-45-42-39-36-33-30-27-24-21-18-15-12-9-6-2)55-52-49-46-43-40-37-34-31-28-25-22-19-16-13-10-7-3/h5-55H2,1-4H3. The third-order valence-electron chi connectivity index (χ3n) is 13.9. The zero-order chi connectivity index (χ0) is 41.3. The van der Waals surface area contributed by atoms with Crippen LogP contribution in [0.1, 0.15) is 329 Å². The molecule has 0 unspecified atom stereocenters. The van der Waals surface area contributed by atoms with E-state index in [9.17, 15) is 0 Å². The molecular weight excluding hydrogens is 705 g/mol. The molecule has 344 valence electrons. The van der Waals surface area contributed by atoms with E-state index >= 15 is 0 Å². The first-order valence-corrected chi connectivity index (χ1v) is 30.3. The molecule has 0 spiro atoms. The van der Waals surface area contributed by atoms with Crippen molar-refractivity contribution in [3.63, 3.8) is 0 Å². The maximum atomic E-state index is 6.65. The van der Waals surface area contributed by atoms with Crippen LogP contribution >= 0.6 is 0 Å². The summed E-state index contributed by atoms with van der Waals surface area (Å²) in [6.07, 6.45) is 70.2. The molecule has 0 saturated heterocycles. The molecule has 0 amide bonds. The highest BCUT2D eigenvalue weighted by atomic mass is 28.4. The Bertz CT molecular complexity index is 604. The molecule has 1 nitrogen and oxygen atoms in total. The second-order valence-corrected chi connectivity index (χ2v) is 23.8. The monoisotopic (exact) mass is 819 g/mol. The average Bonchev–Trinajstić information content (AvgIpc) is 3.22. The van der Waals surface area contributed by atoms with E-state index < -0.39 is 8.32 Å². The predicted octanol–water partition coefficient (Wildman–Crippen LogP) is 21.4. The van der Waals surface area contributed by atoms with Crippen molar-refractivity contribution in [1.29, 1.82) is 0 Å². The maximum absolute atomic E-state index is 6.65. The molecule has 0 heterocycles. The van der Waals surface area contributed by atoms with Gasteiger partial charge in [0.15, 0.2) is 8.32 Å². The molecule has 0 rings (SSSR count). The normalized spacial score (nSPS) is 12.0. The van der Waals surface area contributed by atoms with Gasteiger partial charge in [0.25, 0.3) is 0 Å². The second-order valence-electron chi connectivity index (χ2n) is 19.5. The summed E-state index contributed by atoms with van der Waals surface area (Å²) in [5, 5.41) is 0. The number of rotatable bonds is 52. The minimum Gasteiger partial charge on any atom is -0.420 e. The quantitative estimate of drug-likeness (QED) is 0.0439. The first kappa shape index (κ1) is 57.2. The van der Waals surface area contributed by atoms with E-state index in [-0.39, 0.29) is 0 Å². The first-order chi connectivity index (χ1) is 28.2. The van der Waals surface area contributed by atoms with E-state index in [0.29, 0.717) is 0 Å². The minimum absolute atomic E-state index is 1.37. The van der Waals surface area contributed by atoms with Gasteiger partial charge in [-0.1, -0.05) is 329 Å². The summed E-state index contributed by atoms with van der Waals surface area (Å²) < 4.78 is 6.65. The van der Waals surface area contributed by atoms with Crippen LogP contribution in [0, 0.1) is 0 Å². The molecule has 57 heavy (non-hydrogen) atoms. The molecule has 0 aliphatic heterocycles. The van der Waals surface area contributed by atoms with E-state index in [2.05, 4.69) is 27.9 Å². The third kappa shape index (κ3) is 45.5. The Kier molecular flexibility index (Phi) is 50.7. The Balaban J connectivity index is 4.19. The third-order valence-corrected chi connectivity index (χ3v) is 18.6. The molecule has 0 aliphatic carbocycles. The topological polar surface area (TPSA) is 9.23 Å². The molecule has 0 N–H and O–H groups in total. The Labute approximate surface area is 365 Å². The van der Waals surface area contributed by atoms with Gasteiger partial charge >= 0.3 is 0 Å². The van der Waals surface area contributed by atoms with Gasteiger partial charge in [-0.2, -0.15) is 0 Å². The van der Waals surface area contributed by atoms with Crippen LogP contribution in [0.4, 0.5) is 0 Å². The first-order valence-electron chi connectivity index (χ1n) is 27.8. The maximum Gasteiger partial charge on any atom is 0.192 e. The number of unbranched alkanes of at least 4 members (excludes halogenated alkanes) is 45. The van der Waals surface area contributed by atoms with Crippen LogP contribution < -0.4 is 0 Å². The van der Waals surface area contributed by atoms with Gasteiger partial charge in [0.05, 0.1) is 0 Å². The molecule has 0 atom stereocenters. The van der Waals surface area contributed by atoms with Crippen molar-refractivity contribution < 1.29 is 4.43 Å². The van der Waals surface area contributed by atoms with Crippen molar-refractivity contribution in [3.05, 3.63) is 0 Å². The highest BCUT2D eigenvalue weighted by molar-refractivity contribution is 6.73. The summed E-state index contributed by atoms with van der Waals surface area (Å²) in [7, 11) is 0.532. The highest BCUT2D eigenvalue weighted by Gasteiger charge is 2.32. The lowest BCUT2D eigenvalue weighted by molar-refractivity contribution is 0.380. The number of hydrogen-bond acceptors (Lipinski definition) is 1. The zero-order valence-electron chi connectivity index (χ0n) is 41.0. The highest BCUT2D eigenvalue weighted by Crippen LogP contribution is 2.31. The largest absolute Gasteiger partial charge is 0.420 e. The van der Waals surface area contributed by atoms with Crippen LogP contribution in [-0.2, 0) is 4.43 Å². The van der Waals surface area contributed by atoms with E-state index in [1.165, 1.54) is 326 Å². The summed E-state index contributed by atoms with van der Waals surface area (Å²) >= 11 is 0. The van der Waals surface area contributed by atoms with Crippen LogP contribution in [0.3, 0.4) is 0 Å². The Morgan fingerprint density at radius 2 is 0.316 bits per heavy atom. The lowest BCUT2D eigenvalue weighted by Crippen LogP contribution is -2.36. The van der Waals surface area contributed by atoms with E-state index in [1.54, 1.807) is 0 Å². The van der Waals surface area contributed by atoms with Gasteiger partial charge in [0, 0.05) is 7.11 Å². The molecule has 0 aromatic carbocycles. The zero-order valence-corrected chi connectivity index (χ0v) is 42.0. The smallest absolute Gasteiger partial charge is 0.192 e. The van der Waals surface area contributed by atoms with Crippen LogP contribution in [0.25, 0.3) is 0 Å². The van der Waals surface area contributed by atoms with Gasteiger partial charge in [-0.15, -0.1) is 0 Å². The summed E-state index contributed by atoms with van der Waals surface area (Å²) in [6.45, 7) is 6.96. The fourth-order valence-corrected chi connectivity index (χ4v) is 13.7. The van der Waals surface area contributed by atoms with Crippen LogP contribution in [0.5, 0.6) is 0 Å². The fourth-order valence-electron chi connectivity index (χ4n) is 9.67. The number of hydrogen-bond donors (Lipinski definition) is 0.